The Morgan fingerprint density at radius 2 is 1.55 bits per heavy atom. The number of hydrogen-bond acceptors (Lipinski definition) is 8. The standard InChI is InChI=1S/C27H33N7O6/c1-17(35)27(11-13-31-24(38)20-8-6-19(7-9-20)23(29)30)26(40)33(16-22(36)37)14-15-34(27)32-25(39)21-4-2-18(3-5-21)10-12-28/h2-9H,10-16,28H2,1H3,(H3,29,30)(H,31,38)(H,32,39)(H,36,37). The van der Waals surface area contributed by atoms with Gasteiger partial charge in [-0.3, -0.25) is 34.8 Å². The highest BCUT2D eigenvalue weighted by molar-refractivity contribution is 6.11. The minimum atomic E-state index is -1.95. The summed E-state index contributed by atoms with van der Waals surface area (Å²) in [6, 6.07) is 12.7. The number of nitrogens with zero attached hydrogens (tertiary/aromatic N) is 2. The van der Waals surface area contributed by atoms with E-state index in [4.69, 9.17) is 16.9 Å². The highest BCUT2D eigenvalue weighted by Gasteiger charge is 2.54. The van der Waals surface area contributed by atoms with Crippen LogP contribution in [0.15, 0.2) is 48.5 Å². The molecule has 1 heterocycles. The summed E-state index contributed by atoms with van der Waals surface area (Å²) in [5.41, 5.74) is 13.7. The molecule has 40 heavy (non-hydrogen) atoms. The lowest BCUT2D eigenvalue weighted by Gasteiger charge is -2.47. The average molecular weight is 552 g/mol. The zero-order valence-corrected chi connectivity index (χ0v) is 22.1. The number of ketones is 1. The maximum absolute atomic E-state index is 13.6. The molecule has 0 aromatic heterocycles. The van der Waals surface area contributed by atoms with Crippen molar-refractivity contribution in [3.05, 3.63) is 70.8 Å². The van der Waals surface area contributed by atoms with Gasteiger partial charge in [-0.1, -0.05) is 24.3 Å². The molecule has 1 aliphatic rings. The predicted molar refractivity (Wildman–Crippen MR) is 145 cm³/mol. The summed E-state index contributed by atoms with van der Waals surface area (Å²) in [6.07, 6.45) is 0.409. The third-order valence-corrected chi connectivity index (χ3v) is 6.72. The van der Waals surface area contributed by atoms with Crippen molar-refractivity contribution in [2.45, 2.75) is 25.3 Å². The number of hydrogen-bond donors (Lipinski definition) is 6. The van der Waals surface area contributed by atoms with Gasteiger partial charge in [-0.25, -0.2) is 0 Å². The first-order valence-electron chi connectivity index (χ1n) is 12.6. The van der Waals surface area contributed by atoms with Crippen molar-refractivity contribution in [3.63, 3.8) is 0 Å². The van der Waals surface area contributed by atoms with Crippen LogP contribution in [0.25, 0.3) is 0 Å². The summed E-state index contributed by atoms with van der Waals surface area (Å²) in [4.78, 5) is 65.0. The molecule has 1 unspecified atom stereocenters. The van der Waals surface area contributed by atoms with Crippen molar-refractivity contribution in [3.8, 4) is 0 Å². The van der Waals surface area contributed by atoms with Crippen LogP contribution in [0.1, 0.15) is 45.2 Å². The average Bonchev–Trinajstić information content (AvgIpc) is 2.92. The van der Waals surface area contributed by atoms with E-state index in [0.29, 0.717) is 24.1 Å². The van der Waals surface area contributed by atoms with Gasteiger partial charge in [0.25, 0.3) is 17.7 Å². The number of amidine groups is 1. The molecule has 2 aromatic rings. The molecule has 3 rings (SSSR count). The fourth-order valence-electron chi connectivity index (χ4n) is 4.55. The van der Waals surface area contributed by atoms with Crippen LogP contribution in [0, 0.1) is 5.41 Å². The number of piperazine rings is 1. The van der Waals surface area contributed by atoms with Gasteiger partial charge in [-0.15, -0.1) is 0 Å². The molecule has 3 amide bonds. The number of rotatable bonds is 12. The molecular formula is C27H33N7O6. The number of Topliss-reactive ketones (excluding diaryl/α,β-unsaturated/α-hetero) is 1. The molecule has 0 saturated carbocycles. The van der Waals surface area contributed by atoms with Crippen molar-refractivity contribution >= 4 is 35.3 Å². The first-order valence-corrected chi connectivity index (χ1v) is 12.6. The van der Waals surface area contributed by atoms with Crippen molar-refractivity contribution in [1.82, 2.24) is 20.7 Å². The highest BCUT2D eigenvalue weighted by atomic mass is 16.4. The Morgan fingerprint density at radius 1 is 0.975 bits per heavy atom. The minimum Gasteiger partial charge on any atom is -0.480 e. The molecular weight excluding hydrogens is 518 g/mol. The van der Waals surface area contributed by atoms with Crippen LogP contribution in [0.2, 0.25) is 0 Å². The maximum atomic E-state index is 13.6. The number of nitrogens with two attached hydrogens (primary N) is 2. The number of nitrogens with one attached hydrogen (secondary N) is 3. The summed E-state index contributed by atoms with van der Waals surface area (Å²) in [5.74, 6) is -3.85. The predicted octanol–water partition coefficient (Wildman–Crippen LogP) is -0.507. The van der Waals surface area contributed by atoms with Crippen LogP contribution in [0.5, 0.6) is 0 Å². The van der Waals surface area contributed by atoms with Crippen LogP contribution in [0.3, 0.4) is 0 Å². The fourth-order valence-corrected chi connectivity index (χ4v) is 4.55. The number of carbonyl (C=O) groups is 5. The SMILES string of the molecule is CC(=O)C1(CCNC(=O)c2ccc(C(=N)N)cc2)C(=O)N(CC(=O)O)CCN1NC(=O)c1ccc(CCN)cc1. The summed E-state index contributed by atoms with van der Waals surface area (Å²) >= 11 is 0. The Balaban J connectivity index is 1.83. The number of carboxylic acids is 1. The van der Waals surface area contributed by atoms with Gasteiger partial charge >= 0.3 is 5.97 Å². The highest BCUT2D eigenvalue weighted by Crippen LogP contribution is 2.27. The van der Waals surface area contributed by atoms with Crippen molar-refractivity contribution in [1.29, 1.82) is 5.41 Å². The molecule has 0 radical (unpaired) electrons. The number of amides is 3. The molecule has 13 nitrogen and oxygen atoms in total. The summed E-state index contributed by atoms with van der Waals surface area (Å²) < 4.78 is 0. The van der Waals surface area contributed by atoms with E-state index in [9.17, 15) is 29.1 Å². The van der Waals surface area contributed by atoms with Crippen LogP contribution in [-0.2, 0) is 20.8 Å². The number of benzene rings is 2. The zero-order valence-electron chi connectivity index (χ0n) is 22.1. The van der Waals surface area contributed by atoms with Gasteiger partial charge in [0.2, 0.25) is 0 Å². The van der Waals surface area contributed by atoms with E-state index < -0.39 is 41.6 Å². The van der Waals surface area contributed by atoms with E-state index in [1.54, 1.807) is 24.3 Å². The number of nitrogen functional groups attached to an aromatic ring is 1. The first kappa shape index (κ1) is 29.9. The van der Waals surface area contributed by atoms with E-state index in [2.05, 4.69) is 10.7 Å². The number of hydrazine groups is 1. The lowest BCUT2D eigenvalue weighted by atomic mass is 9.86. The normalized spacial score (nSPS) is 17.2. The molecule has 0 aliphatic carbocycles. The van der Waals surface area contributed by atoms with E-state index in [0.717, 1.165) is 10.5 Å². The monoisotopic (exact) mass is 551 g/mol. The summed E-state index contributed by atoms with van der Waals surface area (Å²) in [6.45, 7) is 0.828. The molecule has 1 saturated heterocycles. The third kappa shape index (κ3) is 6.68. The van der Waals surface area contributed by atoms with Gasteiger partial charge in [-0.2, -0.15) is 5.01 Å². The number of aliphatic carboxylic acids is 1. The maximum Gasteiger partial charge on any atom is 0.323 e. The molecule has 2 aromatic carbocycles. The summed E-state index contributed by atoms with van der Waals surface area (Å²) in [5, 5.41) is 20.7. The van der Waals surface area contributed by atoms with Crippen LogP contribution in [0.4, 0.5) is 0 Å². The number of carbonyl (C=O) groups excluding carboxylic acids is 4. The fraction of sp³-hybridized carbons (Fsp3) is 0.333. The Bertz CT molecular complexity index is 1300. The van der Waals surface area contributed by atoms with E-state index >= 15 is 0 Å². The molecule has 1 fully saturated rings. The Kier molecular flexibility index (Phi) is 9.69. The lowest BCUT2D eigenvalue weighted by molar-refractivity contribution is -0.165. The third-order valence-electron chi connectivity index (χ3n) is 6.72. The molecule has 212 valence electrons. The largest absolute Gasteiger partial charge is 0.480 e. The van der Waals surface area contributed by atoms with E-state index in [1.807, 2.05) is 0 Å². The van der Waals surface area contributed by atoms with Crippen LogP contribution >= 0.6 is 0 Å². The van der Waals surface area contributed by atoms with Gasteiger partial charge in [0.15, 0.2) is 11.3 Å². The lowest BCUT2D eigenvalue weighted by Crippen LogP contribution is -2.73. The number of carboxylic acid groups (broad SMARTS) is 1. The Morgan fingerprint density at radius 3 is 2.10 bits per heavy atom. The van der Waals surface area contributed by atoms with Crippen molar-refractivity contribution < 1.29 is 29.1 Å². The van der Waals surface area contributed by atoms with Gasteiger partial charge in [-0.05, 0) is 49.7 Å². The molecule has 1 atom stereocenters. The first-order chi connectivity index (χ1) is 19.0. The van der Waals surface area contributed by atoms with E-state index in [1.165, 1.54) is 36.2 Å². The smallest absolute Gasteiger partial charge is 0.323 e. The topological polar surface area (TPSA) is 212 Å². The van der Waals surface area contributed by atoms with Crippen molar-refractivity contribution in [2.24, 2.45) is 11.5 Å². The Hall–Kier alpha value is -4.62. The molecule has 0 bridgehead atoms. The molecule has 1 aliphatic heterocycles. The van der Waals surface area contributed by atoms with Crippen LogP contribution in [-0.4, -0.2) is 88.6 Å². The van der Waals surface area contributed by atoms with Gasteiger partial charge in [0.1, 0.15) is 12.4 Å². The quantitative estimate of drug-likeness (QED) is 0.114. The van der Waals surface area contributed by atoms with E-state index in [-0.39, 0.29) is 37.5 Å². The molecule has 8 N–H and O–H groups in total. The Labute approximate surface area is 231 Å². The molecule has 0 spiro atoms. The van der Waals surface area contributed by atoms with Crippen LogP contribution < -0.4 is 22.2 Å². The second-order valence-electron chi connectivity index (χ2n) is 9.36. The van der Waals surface area contributed by atoms with Gasteiger partial charge in [0.05, 0.1) is 0 Å². The minimum absolute atomic E-state index is 0.0178. The second kappa shape index (κ2) is 13.0. The molecule has 13 heteroatoms. The summed E-state index contributed by atoms with van der Waals surface area (Å²) in [7, 11) is 0. The second-order valence-corrected chi connectivity index (χ2v) is 9.36. The van der Waals surface area contributed by atoms with Gasteiger partial charge in [0, 0.05) is 42.7 Å². The van der Waals surface area contributed by atoms with Gasteiger partial charge < -0.3 is 26.8 Å². The zero-order chi connectivity index (χ0) is 29.4. The van der Waals surface area contributed by atoms with Crippen molar-refractivity contribution in [2.75, 3.05) is 32.7 Å².